The van der Waals surface area contributed by atoms with Gasteiger partial charge < -0.3 is 5.32 Å². The van der Waals surface area contributed by atoms with Crippen molar-refractivity contribution < 1.29 is 0 Å². The summed E-state index contributed by atoms with van der Waals surface area (Å²) >= 11 is 0. The van der Waals surface area contributed by atoms with Crippen LogP contribution in [-0.4, -0.2) is 27.4 Å². The molecular formula is C12H20N4. The van der Waals surface area contributed by atoms with E-state index in [1.165, 1.54) is 25.7 Å². The van der Waals surface area contributed by atoms with Crippen LogP contribution < -0.4 is 5.32 Å². The largest absolute Gasteiger partial charge is 0.313 e. The predicted molar refractivity (Wildman–Crippen MR) is 61.9 cm³/mol. The molecule has 0 spiro atoms. The van der Waals surface area contributed by atoms with Gasteiger partial charge in [-0.25, -0.2) is 4.98 Å². The Balaban J connectivity index is 1.44. The van der Waals surface area contributed by atoms with Gasteiger partial charge in [0.2, 0.25) is 0 Å². The van der Waals surface area contributed by atoms with E-state index in [1.54, 1.807) is 11.0 Å². The van der Waals surface area contributed by atoms with Crippen LogP contribution in [0.15, 0.2) is 6.33 Å². The first-order valence-corrected chi connectivity index (χ1v) is 6.41. The zero-order valence-electron chi connectivity index (χ0n) is 9.89. The first kappa shape index (κ1) is 10.3. The fraction of sp³-hybridized carbons (Fsp3) is 0.833. The number of aromatic nitrogens is 3. The van der Waals surface area contributed by atoms with Gasteiger partial charge in [0, 0.05) is 26.1 Å². The van der Waals surface area contributed by atoms with E-state index < -0.39 is 0 Å². The molecular weight excluding hydrogens is 200 g/mol. The summed E-state index contributed by atoms with van der Waals surface area (Å²) < 4.78 is 1.77. The first-order valence-electron chi connectivity index (χ1n) is 6.41. The van der Waals surface area contributed by atoms with E-state index in [4.69, 9.17) is 0 Å². The Hall–Kier alpha value is -0.900. The van der Waals surface area contributed by atoms with Gasteiger partial charge in [-0.15, -0.1) is 0 Å². The summed E-state index contributed by atoms with van der Waals surface area (Å²) in [5.41, 5.74) is 0. The van der Waals surface area contributed by atoms with Crippen LogP contribution in [0.2, 0.25) is 0 Å². The molecule has 88 valence electrons. The second-order valence-electron chi connectivity index (χ2n) is 5.24. The van der Waals surface area contributed by atoms with Gasteiger partial charge in [-0.2, -0.15) is 5.10 Å². The van der Waals surface area contributed by atoms with E-state index in [0.717, 1.165) is 36.7 Å². The Morgan fingerprint density at radius 2 is 2.06 bits per heavy atom. The van der Waals surface area contributed by atoms with Gasteiger partial charge in [0.1, 0.15) is 6.33 Å². The molecule has 1 aromatic heterocycles. The van der Waals surface area contributed by atoms with Gasteiger partial charge in [-0.1, -0.05) is 0 Å². The number of aryl methyl sites for hydroxylation is 1. The van der Waals surface area contributed by atoms with Crippen LogP contribution in [0.3, 0.4) is 0 Å². The molecule has 1 heterocycles. The number of nitrogens with one attached hydrogen (secondary N) is 1. The van der Waals surface area contributed by atoms with E-state index in [9.17, 15) is 0 Å². The average Bonchev–Trinajstić information content (AvgIpc) is 3.15. The number of nitrogens with zero attached hydrogens (tertiary/aromatic N) is 3. The predicted octanol–water partition coefficient (Wildman–Crippen LogP) is 1.14. The highest BCUT2D eigenvalue weighted by Gasteiger charge is 2.40. The molecule has 4 heteroatoms. The Morgan fingerprint density at radius 3 is 2.56 bits per heavy atom. The molecule has 0 aliphatic heterocycles. The molecule has 0 bridgehead atoms. The molecule has 2 aliphatic rings. The Labute approximate surface area is 96.4 Å². The lowest BCUT2D eigenvalue weighted by Crippen LogP contribution is -2.34. The van der Waals surface area contributed by atoms with Crippen molar-refractivity contribution in [2.24, 2.45) is 18.9 Å². The molecule has 0 unspecified atom stereocenters. The molecule has 0 aromatic carbocycles. The lowest BCUT2D eigenvalue weighted by molar-refractivity contribution is 0.418. The summed E-state index contributed by atoms with van der Waals surface area (Å²) in [5, 5.41) is 8.01. The molecule has 0 amide bonds. The highest BCUT2D eigenvalue weighted by atomic mass is 15.3. The van der Waals surface area contributed by atoms with Crippen LogP contribution in [0, 0.1) is 11.8 Å². The fourth-order valence-electron chi connectivity index (χ4n) is 2.48. The Bertz CT molecular complexity index is 340. The number of hydrogen-bond acceptors (Lipinski definition) is 3. The smallest absolute Gasteiger partial charge is 0.151 e. The zero-order chi connectivity index (χ0) is 11.0. The van der Waals surface area contributed by atoms with Crippen molar-refractivity contribution >= 4 is 0 Å². The van der Waals surface area contributed by atoms with Crippen molar-refractivity contribution in [2.45, 2.75) is 38.1 Å². The summed E-state index contributed by atoms with van der Waals surface area (Å²) in [6.07, 6.45) is 8.49. The third-order valence-electron chi connectivity index (χ3n) is 3.64. The molecule has 2 aliphatic carbocycles. The average molecular weight is 220 g/mol. The molecule has 16 heavy (non-hydrogen) atoms. The highest BCUT2D eigenvalue weighted by Crippen LogP contribution is 2.44. The molecule has 1 N–H and O–H groups in total. The van der Waals surface area contributed by atoms with Gasteiger partial charge >= 0.3 is 0 Å². The summed E-state index contributed by atoms with van der Waals surface area (Å²) in [7, 11) is 1.92. The number of rotatable bonds is 6. The van der Waals surface area contributed by atoms with E-state index in [-0.39, 0.29) is 0 Å². The van der Waals surface area contributed by atoms with Crippen molar-refractivity contribution in [2.75, 3.05) is 6.54 Å². The molecule has 1 aromatic rings. The van der Waals surface area contributed by atoms with Crippen molar-refractivity contribution in [1.82, 2.24) is 20.1 Å². The molecule has 2 saturated carbocycles. The quantitative estimate of drug-likeness (QED) is 0.781. The third kappa shape index (κ3) is 2.43. The van der Waals surface area contributed by atoms with Crippen LogP contribution in [-0.2, 0) is 13.5 Å². The van der Waals surface area contributed by atoms with E-state index in [1.807, 2.05) is 7.05 Å². The van der Waals surface area contributed by atoms with Gasteiger partial charge in [-0.3, -0.25) is 4.68 Å². The third-order valence-corrected chi connectivity index (χ3v) is 3.64. The van der Waals surface area contributed by atoms with E-state index in [0.29, 0.717) is 0 Å². The first-order chi connectivity index (χ1) is 7.83. The summed E-state index contributed by atoms with van der Waals surface area (Å²) in [6.45, 7) is 1.03. The van der Waals surface area contributed by atoms with Gasteiger partial charge in [0.25, 0.3) is 0 Å². The standard InChI is InChI=1S/C12H20N4/c1-16-8-14-11(15-16)6-7-13-12(9-2-3-9)10-4-5-10/h8-10,12-13H,2-7H2,1H3. The van der Waals surface area contributed by atoms with Gasteiger partial charge in [-0.05, 0) is 37.5 Å². The number of hydrogen-bond donors (Lipinski definition) is 1. The summed E-state index contributed by atoms with van der Waals surface area (Å²) in [5.74, 6) is 2.91. The van der Waals surface area contributed by atoms with Crippen molar-refractivity contribution in [1.29, 1.82) is 0 Å². The molecule has 0 saturated heterocycles. The highest BCUT2D eigenvalue weighted by molar-refractivity contribution is 4.96. The zero-order valence-corrected chi connectivity index (χ0v) is 9.89. The Kier molecular flexibility index (Phi) is 2.67. The monoisotopic (exact) mass is 220 g/mol. The van der Waals surface area contributed by atoms with Crippen LogP contribution in [0.1, 0.15) is 31.5 Å². The summed E-state index contributed by atoms with van der Waals surface area (Å²) in [4.78, 5) is 4.25. The van der Waals surface area contributed by atoms with Gasteiger partial charge in [0.15, 0.2) is 5.82 Å². The molecule has 2 fully saturated rings. The summed E-state index contributed by atoms with van der Waals surface area (Å²) in [6, 6.07) is 0.795. The van der Waals surface area contributed by atoms with Crippen molar-refractivity contribution in [3.05, 3.63) is 12.2 Å². The second kappa shape index (κ2) is 4.17. The minimum Gasteiger partial charge on any atom is -0.313 e. The second-order valence-corrected chi connectivity index (χ2v) is 5.24. The van der Waals surface area contributed by atoms with Crippen LogP contribution in [0.4, 0.5) is 0 Å². The van der Waals surface area contributed by atoms with E-state index >= 15 is 0 Å². The SMILES string of the molecule is Cn1cnc(CCNC(C2CC2)C2CC2)n1. The van der Waals surface area contributed by atoms with Crippen molar-refractivity contribution in [3.8, 4) is 0 Å². The fourth-order valence-corrected chi connectivity index (χ4v) is 2.48. The van der Waals surface area contributed by atoms with E-state index in [2.05, 4.69) is 15.4 Å². The minimum atomic E-state index is 0.795. The lowest BCUT2D eigenvalue weighted by Gasteiger charge is -2.16. The molecule has 4 nitrogen and oxygen atoms in total. The van der Waals surface area contributed by atoms with Crippen molar-refractivity contribution in [3.63, 3.8) is 0 Å². The Morgan fingerprint density at radius 1 is 1.38 bits per heavy atom. The van der Waals surface area contributed by atoms with Crippen LogP contribution >= 0.6 is 0 Å². The lowest BCUT2D eigenvalue weighted by atomic mass is 10.1. The maximum absolute atomic E-state index is 4.29. The topological polar surface area (TPSA) is 42.7 Å². The van der Waals surface area contributed by atoms with Crippen LogP contribution in [0.25, 0.3) is 0 Å². The maximum atomic E-state index is 4.29. The van der Waals surface area contributed by atoms with Crippen LogP contribution in [0.5, 0.6) is 0 Å². The molecule has 0 atom stereocenters. The maximum Gasteiger partial charge on any atom is 0.151 e. The van der Waals surface area contributed by atoms with Gasteiger partial charge in [0.05, 0.1) is 0 Å². The molecule has 0 radical (unpaired) electrons. The normalized spacial score (nSPS) is 20.6. The molecule has 3 rings (SSSR count). The minimum absolute atomic E-state index is 0.795.